The van der Waals surface area contributed by atoms with Gasteiger partial charge in [0.25, 0.3) is 5.69 Å². The summed E-state index contributed by atoms with van der Waals surface area (Å²) >= 11 is 0. The van der Waals surface area contributed by atoms with Gasteiger partial charge in [-0.05, 0) is 29.8 Å². The van der Waals surface area contributed by atoms with Gasteiger partial charge >= 0.3 is 0 Å². The number of ether oxygens (including phenoxy) is 2. The molecule has 0 aliphatic carbocycles. The van der Waals surface area contributed by atoms with Gasteiger partial charge in [-0.25, -0.2) is 8.42 Å². The quantitative estimate of drug-likeness (QED) is 0.593. The summed E-state index contributed by atoms with van der Waals surface area (Å²) in [5.41, 5.74) is 0.745. The number of nitrogens with zero attached hydrogens (tertiary/aromatic N) is 1. The molecule has 0 bridgehead atoms. The first-order valence-electron chi connectivity index (χ1n) is 7.19. The van der Waals surface area contributed by atoms with Gasteiger partial charge in [-0.3, -0.25) is 10.1 Å². The lowest BCUT2D eigenvalue weighted by atomic mass is 10.2. The maximum atomic E-state index is 11.6. The normalized spacial score (nSPS) is 11.0. The lowest BCUT2D eigenvalue weighted by Gasteiger charge is -2.11. The third-order valence-corrected chi connectivity index (χ3v) is 4.64. The van der Waals surface area contributed by atoms with Crippen molar-refractivity contribution in [2.24, 2.45) is 0 Å². The summed E-state index contributed by atoms with van der Waals surface area (Å²) < 4.78 is 33.5. The maximum absolute atomic E-state index is 11.6. The molecule has 0 aliphatic rings. The third-order valence-electron chi connectivity index (χ3n) is 3.52. The van der Waals surface area contributed by atoms with Crippen molar-refractivity contribution in [1.29, 1.82) is 0 Å². The Morgan fingerprint density at radius 1 is 1.08 bits per heavy atom. The summed E-state index contributed by atoms with van der Waals surface area (Å²) in [4.78, 5) is 10.5. The first-order valence-corrected chi connectivity index (χ1v) is 9.08. The van der Waals surface area contributed by atoms with Crippen LogP contribution in [-0.4, -0.2) is 33.8 Å². The molecule has 25 heavy (non-hydrogen) atoms. The van der Waals surface area contributed by atoms with E-state index in [0.29, 0.717) is 18.0 Å². The Balaban J connectivity index is 2.27. The number of nitrogens with one attached hydrogen (secondary N) is 1. The van der Waals surface area contributed by atoms with Crippen LogP contribution in [0.2, 0.25) is 0 Å². The zero-order valence-corrected chi connectivity index (χ0v) is 14.8. The van der Waals surface area contributed by atoms with Crippen molar-refractivity contribution >= 4 is 21.2 Å². The Hall–Kier alpha value is -2.81. The molecular formula is C16H18N2O6S. The lowest BCUT2D eigenvalue weighted by Crippen LogP contribution is -2.05. The van der Waals surface area contributed by atoms with Crippen LogP contribution in [0, 0.1) is 10.1 Å². The molecule has 0 radical (unpaired) electrons. The van der Waals surface area contributed by atoms with Crippen molar-refractivity contribution in [2.45, 2.75) is 11.4 Å². The molecule has 8 nitrogen and oxygen atoms in total. The fourth-order valence-electron chi connectivity index (χ4n) is 2.23. The Morgan fingerprint density at radius 2 is 1.76 bits per heavy atom. The van der Waals surface area contributed by atoms with Crippen LogP contribution >= 0.6 is 0 Å². The molecule has 0 heterocycles. The summed E-state index contributed by atoms with van der Waals surface area (Å²) in [7, 11) is -0.474. The number of rotatable bonds is 7. The second-order valence-electron chi connectivity index (χ2n) is 5.25. The van der Waals surface area contributed by atoms with Crippen molar-refractivity contribution < 1.29 is 22.8 Å². The number of benzene rings is 2. The highest BCUT2D eigenvalue weighted by Crippen LogP contribution is 2.30. The van der Waals surface area contributed by atoms with Crippen molar-refractivity contribution in [3.63, 3.8) is 0 Å². The van der Waals surface area contributed by atoms with Crippen LogP contribution in [0.4, 0.5) is 11.4 Å². The van der Waals surface area contributed by atoms with E-state index in [1.807, 2.05) is 0 Å². The van der Waals surface area contributed by atoms with Crippen LogP contribution in [0.3, 0.4) is 0 Å². The Kier molecular flexibility index (Phi) is 5.48. The molecular weight excluding hydrogens is 348 g/mol. The molecule has 2 aromatic rings. The van der Waals surface area contributed by atoms with Gasteiger partial charge < -0.3 is 14.8 Å². The second-order valence-corrected chi connectivity index (χ2v) is 7.27. The summed E-state index contributed by atoms with van der Waals surface area (Å²) in [5.74, 6) is 1.12. The van der Waals surface area contributed by atoms with Gasteiger partial charge in [0.2, 0.25) is 0 Å². The molecule has 9 heteroatoms. The Bertz CT molecular complexity index is 895. The number of sulfone groups is 1. The van der Waals surface area contributed by atoms with Crippen LogP contribution in [0.5, 0.6) is 11.5 Å². The number of hydrogen-bond acceptors (Lipinski definition) is 7. The van der Waals surface area contributed by atoms with Gasteiger partial charge in [-0.2, -0.15) is 0 Å². The van der Waals surface area contributed by atoms with Crippen LogP contribution in [-0.2, 0) is 16.4 Å². The minimum Gasteiger partial charge on any atom is -0.493 e. The van der Waals surface area contributed by atoms with E-state index in [1.165, 1.54) is 26.4 Å². The van der Waals surface area contributed by atoms with Crippen molar-refractivity contribution in [3.05, 3.63) is 52.1 Å². The van der Waals surface area contributed by atoms with Gasteiger partial charge in [-0.1, -0.05) is 6.07 Å². The monoisotopic (exact) mass is 366 g/mol. The van der Waals surface area contributed by atoms with E-state index >= 15 is 0 Å². The van der Waals surface area contributed by atoms with Crippen LogP contribution in [0.1, 0.15) is 5.56 Å². The van der Waals surface area contributed by atoms with Crippen molar-refractivity contribution in [1.82, 2.24) is 0 Å². The van der Waals surface area contributed by atoms with E-state index in [9.17, 15) is 18.5 Å². The van der Waals surface area contributed by atoms with E-state index in [4.69, 9.17) is 9.47 Å². The summed E-state index contributed by atoms with van der Waals surface area (Å²) in [6, 6.07) is 9.05. The number of anilines is 1. The van der Waals surface area contributed by atoms with Crippen LogP contribution in [0.25, 0.3) is 0 Å². The van der Waals surface area contributed by atoms with E-state index in [1.54, 1.807) is 18.2 Å². The Morgan fingerprint density at radius 3 is 2.32 bits per heavy atom. The largest absolute Gasteiger partial charge is 0.493 e. The minimum absolute atomic E-state index is 0.101. The topological polar surface area (TPSA) is 108 Å². The van der Waals surface area contributed by atoms with Gasteiger partial charge in [-0.15, -0.1) is 0 Å². The molecule has 0 atom stereocenters. The first-order chi connectivity index (χ1) is 11.8. The van der Waals surface area contributed by atoms with E-state index in [-0.39, 0.29) is 16.3 Å². The number of nitro groups is 1. The highest BCUT2D eigenvalue weighted by atomic mass is 32.2. The molecule has 0 fully saturated rings. The molecule has 0 unspecified atom stereocenters. The van der Waals surface area contributed by atoms with E-state index in [0.717, 1.165) is 17.9 Å². The number of nitro benzene ring substituents is 1. The minimum atomic E-state index is -3.52. The van der Waals surface area contributed by atoms with E-state index < -0.39 is 14.8 Å². The maximum Gasteiger partial charge on any atom is 0.293 e. The summed E-state index contributed by atoms with van der Waals surface area (Å²) in [6.45, 7) is 0.291. The van der Waals surface area contributed by atoms with Gasteiger partial charge in [0.1, 0.15) is 5.69 Å². The molecule has 0 aromatic heterocycles. The molecule has 0 amide bonds. The molecule has 0 spiro atoms. The fraction of sp³-hybridized carbons (Fsp3) is 0.250. The molecule has 2 aromatic carbocycles. The van der Waals surface area contributed by atoms with Crippen LogP contribution < -0.4 is 14.8 Å². The molecule has 2 rings (SSSR count). The average Bonchev–Trinajstić information content (AvgIpc) is 2.58. The summed E-state index contributed by atoms with van der Waals surface area (Å²) in [5, 5.41) is 14.2. The zero-order valence-electron chi connectivity index (χ0n) is 14.0. The summed E-state index contributed by atoms with van der Waals surface area (Å²) in [6.07, 6.45) is 1.00. The molecule has 0 saturated carbocycles. The van der Waals surface area contributed by atoms with Crippen LogP contribution in [0.15, 0.2) is 41.3 Å². The van der Waals surface area contributed by atoms with Crippen molar-refractivity contribution in [2.75, 3.05) is 25.8 Å². The fourth-order valence-corrected chi connectivity index (χ4v) is 2.87. The second kappa shape index (κ2) is 7.39. The van der Waals surface area contributed by atoms with Gasteiger partial charge in [0, 0.05) is 18.9 Å². The SMILES string of the molecule is COc1ccc(CNc2ccc(S(C)(=O)=O)cc2[N+](=O)[O-])cc1OC. The van der Waals surface area contributed by atoms with Gasteiger partial charge in [0.15, 0.2) is 21.3 Å². The third kappa shape index (κ3) is 4.38. The van der Waals surface area contributed by atoms with Crippen molar-refractivity contribution in [3.8, 4) is 11.5 Å². The highest BCUT2D eigenvalue weighted by Gasteiger charge is 2.18. The number of hydrogen-bond donors (Lipinski definition) is 1. The lowest BCUT2D eigenvalue weighted by molar-refractivity contribution is -0.384. The average molecular weight is 366 g/mol. The number of methoxy groups -OCH3 is 2. The first kappa shape index (κ1) is 18.5. The van der Waals surface area contributed by atoms with E-state index in [2.05, 4.69) is 5.32 Å². The Labute approximate surface area is 145 Å². The van der Waals surface area contributed by atoms with Gasteiger partial charge in [0.05, 0.1) is 24.0 Å². The highest BCUT2D eigenvalue weighted by molar-refractivity contribution is 7.90. The predicted octanol–water partition coefficient (Wildman–Crippen LogP) is 2.63. The molecule has 0 aliphatic heterocycles. The standard InChI is InChI=1S/C16H18N2O6S/c1-23-15-7-4-11(8-16(15)24-2)10-17-13-6-5-12(25(3,21)22)9-14(13)18(19)20/h4-9,17H,10H2,1-3H3. The molecule has 0 saturated heterocycles. The molecule has 134 valence electrons. The zero-order chi connectivity index (χ0) is 18.6. The smallest absolute Gasteiger partial charge is 0.293 e. The molecule has 1 N–H and O–H groups in total. The predicted molar refractivity (Wildman–Crippen MR) is 93.1 cm³/mol.